The second kappa shape index (κ2) is 6.50. The van der Waals surface area contributed by atoms with E-state index >= 15 is 0 Å². The molecule has 0 bridgehead atoms. The minimum absolute atomic E-state index is 0.564. The molecule has 4 nitrogen and oxygen atoms in total. The third-order valence-electron chi connectivity index (χ3n) is 3.79. The first-order valence-corrected chi connectivity index (χ1v) is 7.39. The molecule has 3 aromatic rings. The molecule has 4 heteroatoms. The number of hydrogen-bond donors (Lipinski definition) is 1. The van der Waals surface area contributed by atoms with Gasteiger partial charge in [-0.15, -0.1) is 10.2 Å². The van der Waals surface area contributed by atoms with E-state index in [2.05, 4.69) is 52.8 Å². The fraction of sp³-hybridized carbons (Fsp3) is 0.294. The van der Waals surface area contributed by atoms with Crippen molar-refractivity contribution in [2.45, 2.75) is 25.8 Å². The number of nitrogens with one attached hydrogen (secondary N) is 1. The number of fused-ring (bicyclic) bond motifs is 1. The summed E-state index contributed by atoms with van der Waals surface area (Å²) >= 11 is 0. The molecule has 0 saturated heterocycles. The van der Waals surface area contributed by atoms with E-state index in [1.807, 2.05) is 28.8 Å². The van der Waals surface area contributed by atoms with Gasteiger partial charge in [0.25, 0.3) is 0 Å². The molecule has 1 unspecified atom stereocenters. The minimum Gasteiger partial charge on any atom is -0.310 e. The molecule has 0 aliphatic carbocycles. The van der Waals surface area contributed by atoms with Gasteiger partial charge in [-0.05, 0) is 36.6 Å². The Labute approximate surface area is 124 Å². The monoisotopic (exact) mass is 280 g/mol. The van der Waals surface area contributed by atoms with Crippen LogP contribution in [0.3, 0.4) is 0 Å². The lowest BCUT2D eigenvalue weighted by molar-refractivity contribution is 0.581. The van der Waals surface area contributed by atoms with E-state index in [1.165, 1.54) is 5.56 Å². The molecule has 21 heavy (non-hydrogen) atoms. The standard InChI is InChI=1S/C17H20N4/c1-14(15-7-3-2-4-8-15)10-11-18-13-17-20-19-16-9-5-6-12-21(16)17/h2-9,12,14,18H,10-11,13H2,1H3. The van der Waals surface area contributed by atoms with Gasteiger partial charge in [0.15, 0.2) is 11.5 Å². The Morgan fingerprint density at radius 2 is 1.86 bits per heavy atom. The molecule has 108 valence electrons. The Kier molecular flexibility index (Phi) is 4.26. The molecule has 1 N–H and O–H groups in total. The van der Waals surface area contributed by atoms with Crippen LogP contribution in [0.15, 0.2) is 54.7 Å². The van der Waals surface area contributed by atoms with E-state index in [0.717, 1.165) is 31.0 Å². The van der Waals surface area contributed by atoms with Gasteiger partial charge in [0, 0.05) is 6.20 Å². The van der Waals surface area contributed by atoms with Crippen molar-refractivity contribution in [3.05, 3.63) is 66.1 Å². The molecule has 0 aliphatic rings. The van der Waals surface area contributed by atoms with Gasteiger partial charge in [-0.1, -0.05) is 43.3 Å². The van der Waals surface area contributed by atoms with Crippen molar-refractivity contribution in [3.8, 4) is 0 Å². The molecule has 0 spiro atoms. The van der Waals surface area contributed by atoms with Gasteiger partial charge >= 0.3 is 0 Å². The van der Waals surface area contributed by atoms with E-state index < -0.39 is 0 Å². The molecule has 1 atom stereocenters. The van der Waals surface area contributed by atoms with Crippen LogP contribution in [0.1, 0.15) is 30.7 Å². The first-order chi connectivity index (χ1) is 10.3. The van der Waals surface area contributed by atoms with Gasteiger partial charge in [0.1, 0.15) is 0 Å². The van der Waals surface area contributed by atoms with Crippen molar-refractivity contribution in [1.29, 1.82) is 0 Å². The maximum Gasteiger partial charge on any atom is 0.160 e. The quantitative estimate of drug-likeness (QED) is 0.706. The van der Waals surface area contributed by atoms with Gasteiger partial charge in [-0.25, -0.2) is 0 Å². The molecule has 2 aromatic heterocycles. The average molecular weight is 280 g/mol. The van der Waals surface area contributed by atoms with Gasteiger partial charge in [-0.2, -0.15) is 0 Å². The van der Waals surface area contributed by atoms with Crippen molar-refractivity contribution >= 4 is 5.65 Å². The first-order valence-electron chi connectivity index (χ1n) is 7.39. The third-order valence-corrected chi connectivity index (χ3v) is 3.79. The summed E-state index contributed by atoms with van der Waals surface area (Å²) in [5, 5.41) is 11.8. The van der Waals surface area contributed by atoms with E-state index in [-0.39, 0.29) is 0 Å². The van der Waals surface area contributed by atoms with Gasteiger partial charge in [0.2, 0.25) is 0 Å². The highest BCUT2D eigenvalue weighted by atomic mass is 15.3. The normalized spacial score (nSPS) is 12.6. The van der Waals surface area contributed by atoms with Crippen LogP contribution in [-0.4, -0.2) is 21.1 Å². The second-order valence-electron chi connectivity index (χ2n) is 5.32. The van der Waals surface area contributed by atoms with Crippen LogP contribution in [0, 0.1) is 0 Å². The Morgan fingerprint density at radius 3 is 2.71 bits per heavy atom. The Bertz CT molecular complexity index is 690. The fourth-order valence-electron chi connectivity index (χ4n) is 2.48. The summed E-state index contributed by atoms with van der Waals surface area (Å²) in [4.78, 5) is 0. The van der Waals surface area contributed by atoms with Crippen molar-refractivity contribution < 1.29 is 0 Å². The average Bonchev–Trinajstić information content (AvgIpc) is 2.95. The molecule has 2 heterocycles. The molecule has 0 amide bonds. The number of hydrogen-bond acceptors (Lipinski definition) is 3. The van der Waals surface area contributed by atoms with Crippen molar-refractivity contribution in [2.75, 3.05) is 6.54 Å². The summed E-state index contributed by atoms with van der Waals surface area (Å²) in [5.41, 5.74) is 2.29. The van der Waals surface area contributed by atoms with E-state index in [9.17, 15) is 0 Å². The largest absolute Gasteiger partial charge is 0.310 e. The number of pyridine rings is 1. The second-order valence-corrected chi connectivity index (χ2v) is 5.32. The van der Waals surface area contributed by atoms with Gasteiger partial charge < -0.3 is 5.32 Å². The number of benzene rings is 1. The summed E-state index contributed by atoms with van der Waals surface area (Å²) in [7, 11) is 0. The predicted octanol–water partition coefficient (Wildman–Crippen LogP) is 3.01. The molecular formula is C17H20N4. The zero-order valence-corrected chi connectivity index (χ0v) is 12.2. The molecule has 0 saturated carbocycles. The van der Waals surface area contributed by atoms with Crippen LogP contribution in [0.5, 0.6) is 0 Å². The van der Waals surface area contributed by atoms with E-state index in [4.69, 9.17) is 0 Å². The lowest BCUT2D eigenvalue weighted by Crippen LogP contribution is -2.18. The zero-order valence-electron chi connectivity index (χ0n) is 12.2. The molecule has 3 rings (SSSR count). The van der Waals surface area contributed by atoms with Crippen molar-refractivity contribution in [2.24, 2.45) is 0 Å². The lowest BCUT2D eigenvalue weighted by atomic mass is 9.98. The van der Waals surface area contributed by atoms with Crippen molar-refractivity contribution in [1.82, 2.24) is 19.9 Å². The SMILES string of the molecule is CC(CCNCc1nnc2ccccn12)c1ccccc1. The topological polar surface area (TPSA) is 42.2 Å². The Balaban J connectivity index is 1.50. The van der Waals surface area contributed by atoms with Crippen LogP contribution < -0.4 is 5.32 Å². The van der Waals surface area contributed by atoms with Crippen LogP contribution >= 0.6 is 0 Å². The lowest BCUT2D eigenvalue weighted by Gasteiger charge is -2.12. The summed E-state index contributed by atoms with van der Waals surface area (Å²) in [5.74, 6) is 1.52. The summed E-state index contributed by atoms with van der Waals surface area (Å²) in [6.07, 6.45) is 3.11. The molecule has 0 aliphatic heterocycles. The third kappa shape index (κ3) is 3.28. The summed E-state index contributed by atoms with van der Waals surface area (Å²) in [6, 6.07) is 16.6. The molecular weight excluding hydrogens is 260 g/mol. The zero-order chi connectivity index (χ0) is 14.5. The Morgan fingerprint density at radius 1 is 1.05 bits per heavy atom. The first kappa shape index (κ1) is 13.8. The highest BCUT2D eigenvalue weighted by molar-refractivity contribution is 5.36. The fourth-order valence-corrected chi connectivity index (χ4v) is 2.48. The highest BCUT2D eigenvalue weighted by Crippen LogP contribution is 2.17. The minimum atomic E-state index is 0.564. The van der Waals surface area contributed by atoms with Crippen LogP contribution in [-0.2, 0) is 6.54 Å². The number of nitrogens with zero attached hydrogens (tertiary/aromatic N) is 3. The van der Waals surface area contributed by atoms with Gasteiger partial charge in [0.05, 0.1) is 6.54 Å². The van der Waals surface area contributed by atoms with Crippen LogP contribution in [0.2, 0.25) is 0 Å². The Hall–Kier alpha value is -2.20. The maximum atomic E-state index is 4.22. The maximum absolute atomic E-state index is 4.22. The molecule has 0 radical (unpaired) electrons. The predicted molar refractivity (Wildman–Crippen MR) is 84.2 cm³/mol. The smallest absolute Gasteiger partial charge is 0.160 e. The summed E-state index contributed by atoms with van der Waals surface area (Å²) in [6.45, 7) is 3.98. The number of rotatable bonds is 6. The van der Waals surface area contributed by atoms with Crippen molar-refractivity contribution in [3.63, 3.8) is 0 Å². The molecule has 1 aromatic carbocycles. The van der Waals surface area contributed by atoms with E-state index in [0.29, 0.717) is 5.92 Å². The highest BCUT2D eigenvalue weighted by Gasteiger charge is 2.06. The number of aromatic nitrogens is 3. The van der Waals surface area contributed by atoms with Gasteiger partial charge in [-0.3, -0.25) is 4.40 Å². The van der Waals surface area contributed by atoms with Crippen LogP contribution in [0.25, 0.3) is 5.65 Å². The van der Waals surface area contributed by atoms with Crippen LogP contribution in [0.4, 0.5) is 0 Å². The van der Waals surface area contributed by atoms with E-state index in [1.54, 1.807) is 0 Å². The molecule has 0 fully saturated rings. The summed E-state index contributed by atoms with van der Waals surface area (Å²) < 4.78 is 2.02.